The summed E-state index contributed by atoms with van der Waals surface area (Å²) >= 11 is 17.8. The highest BCUT2D eigenvalue weighted by atomic mass is 35.5. The van der Waals surface area contributed by atoms with Crippen molar-refractivity contribution in [2.45, 2.75) is 26.7 Å². The van der Waals surface area contributed by atoms with E-state index in [1.54, 1.807) is 11.0 Å². The van der Waals surface area contributed by atoms with Crippen LogP contribution in [0.15, 0.2) is 12.1 Å². The molecule has 0 heterocycles. The van der Waals surface area contributed by atoms with Crippen LogP contribution in [0.2, 0.25) is 15.1 Å². The summed E-state index contributed by atoms with van der Waals surface area (Å²) in [5.41, 5.74) is 0.471. The number of amides is 2. The van der Waals surface area contributed by atoms with Crippen molar-refractivity contribution in [3.63, 3.8) is 0 Å². The van der Waals surface area contributed by atoms with E-state index in [1.165, 1.54) is 6.07 Å². The van der Waals surface area contributed by atoms with Gasteiger partial charge in [0, 0.05) is 13.1 Å². The van der Waals surface area contributed by atoms with Crippen molar-refractivity contribution in [2.24, 2.45) is 0 Å². The lowest BCUT2D eigenvalue weighted by Crippen LogP contribution is -2.36. The standard InChI is InChI=1S/C13H17Cl3N2O/c1-3-5-18(6-4-2)13(19)17-12-8-10(15)9(14)7-11(12)16/h7-8H,3-6H2,1-2H3,(H,17,19). The quantitative estimate of drug-likeness (QED) is 0.733. The Morgan fingerprint density at radius 2 is 1.58 bits per heavy atom. The molecule has 0 radical (unpaired) electrons. The number of hydrogen-bond donors (Lipinski definition) is 1. The largest absolute Gasteiger partial charge is 0.325 e. The summed E-state index contributed by atoms with van der Waals surface area (Å²) in [6.45, 7) is 5.47. The second-order valence-corrected chi connectivity index (χ2v) is 5.38. The van der Waals surface area contributed by atoms with Gasteiger partial charge in [0.05, 0.1) is 20.8 Å². The number of rotatable bonds is 5. The summed E-state index contributed by atoms with van der Waals surface area (Å²) in [6.07, 6.45) is 1.81. The van der Waals surface area contributed by atoms with Crippen LogP contribution in [0.5, 0.6) is 0 Å². The summed E-state index contributed by atoms with van der Waals surface area (Å²) in [5.74, 6) is 0. The second kappa shape index (κ2) is 7.83. The predicted molar refractivity (Wildman–Crippen MR) is 82.6 cm³/mol. The van der Waals surface area contributed by atoms with Gasteiger partial charge in [-0.2, -0.15) is 0 Å². The maximum absolute atomic E-state index is 12.1. The average Bonchev–Trinajstić information content (AvgIpc) is 2.35. The molecule has 1 aromatic carbocycles. The number of nitrogens with zero attached hydrogens (tertiary/aromatic N) is 1. The molecule has 6 heteroatoms. The molecule has 2 amide bonds. The fourth-order valence-corrected chi connectivity index (χ4v) is 2.26. The molecule has 0 atom stereocenters. The number of anilines is 1. The van der Waals surface area contributed by atoms with Crippen molar-refractivity contribution in [1.29, 1.82) is 0 Å². The van der Waals surface area contributed by atoms with Crippen LogP contribution >= 0.6 is 34.8 Å². The van der Waals surface area contributed by atoms with Gasteiger partial charge in [0.2, 0.25) is 0 Å². The third kappa shape index (κ3) is 4.75. The molecule has 0 aliphatic carbocycles. The van der Waals surface area contributed by atoms with Crippen LogP contribution in [-0.4, -0.2) is 24.0 Å². The molecule has 0 saturated heterocycles. The molecule has 0 aliphatic heterocycles. The van der Waals surface area contributed by atoms with Gasteiger partial charge in [-0.25, -0.2) is 4.79 Å². The smallest absolute Gasteiger partial charge is 0.321 e. The van der Waals surface area contributed by atoms with Gasteiger partial charge >= 0.3 is 6.03 Å². The first-order valence-corrected chi connectivity index (χ1v) is 7.33. The summed E-state index contributed by atoms with van der Waals surface area (Å²) in [5, 5.41) is 3.86. The predicted octanol–water partition coefficient (Wildman–Crippen LogP) is 5.30. The third-order valence-electron chi connectivity index (χ3n) is 2.53. The summed E-state index contributed by atoms with van der Waals surface area (Å²) in [4.78, 5) is 13.9. The minimum Gasteiger partial charge on any atom is -0.325 e. The lowest BCUT2D eigenvalue weighted by molar-refractivity contribution is 0.211. The molecule has 1 N–H and O–H groups in total. The van der Waals surface area contributed by atoms with Gasteiger partial charge in [-0.1, -0.05) is 48.7 Å². The fourth-order valence-electron chi connectivity index (χ4n) is 1.67. The average molecular weight is 324 g/mol. The van der Waals surface area contributed by atoms with Crippen molar-refractivity contribution in [3.8, 4) is 0 Å². The van der Waals surface area contributed by atoms with Gasteiger partial charge < -0.3 is 10.2 Å². The van der Waals surface area contributed by atoms with Crippen LogP contribution in [0.3, 0.4) is 0 Å². The van der Waals surface area contributed by atoms with Crippen LogP contribution in [0.1, 0.15) is 26.7 Å². The molecular weight excluding hydrogens is 307 g/mol. The molecule has 0 aliphatic rings. The Kier molecular flexibility index (Phi) is 6.76. The zero-order chi connectivity index (χ0) is 14.4. The topological polar surface area (TPSA) is 32.3 Å². The zero-order valence-electron chi connectivity index (χ0n) is 11.0. The lowest BCUT2D eigenvalue weighted by Gasteiger charge is -2.22. The highest BCUT2D eigenvalue weighted by molar-refractivity contribution is 6.44. The summed E-state index contributed by atoms with van der Waals surface area (Å²) in [7, 11) is 0. The number of benzene rings is 1. The van der Waals surface area contributed by atoms with Crippen molar-refractivity contribution in [3.05, 3.63) is 27.2 Å². The normalized spacial score (nSPS) is 10.4. The summed E-state index contributed by atoms with van der Waals surface area (Å²) < 4.78 is 0. The Labute approximate surface area is 128 Å². The maximum Gasteiger partial charge on any atom is 0.321 e. The van der Waals surface area contributed by atoms with Crippen LogP contribution < -0.4 is 5.32 Å². The highest BCUT2D eigenvalue weighted by Crippen LogP contribution is 2.32. The van der Waals surface area contributed by atoms with E-state index < -0.39 is 0 Å². The van der Waals surface area contributed by atoms with Gasteiger partial charge in [0.1, 0.15) is 0 Å². The monoisotopic (exact) mass is 322 g/mol. The molecule has 0 saturated carbocycles. The summed E-state index contributed by atoms with van der Waals surface area (Å²) in [6, 6.07) is 2.90. The van der Waals surface area contributed by atoms with Crippen molar-refractivity contribution >= 4 is 46.5 Å². The molecule has 106 valence electrons. The van der Waals surface area contributed by atoms with Crippen LogP contribution in [-0.2, 0) is 0 Å². The van der Waals surface area contributed by atoms with E-state index in [2.05, 4.69) is 5.32 Å². The molecule has 3 nitrogen and oxygen atoms in total. The van der Waals surface area contributed by atoms with Gasteiger partial charge in [-0.3, -0.25) is 0 Å². The highest BCUT2D eigenvalue weighted by Gasteiger charge is 2.14. The molecule has 0 bridgehead atoms. The van der Waals surface area contributed by atoms with E-state index in [0.29, 0.717) is 33.8 Å². The number of hydrogen-bond acceptors (Lipinski definition) is 1. The lowest BCUT2D eigenvalue weighted by atomic mass is 10.3. The van der Waals surface area contributed by atoms with Crippen LogP contribution in [0.25, 0.3) is 0 Å². The maximum atomic E-state index is 12.1. The number of carbonyl (C=O) groups is 1. The van der Waals surface area contributed by atoms with Gasteiger partial charge in [-0.05, 0) is 25.0 Å². The van der Waals surface area contributed by atoms with Crippen LogP contribution in [0.4, 0.5) is 10.5 Å². The fraction of sp³-hybridized carbons (Fsp3) is 0.462. The van der Waals surface area contributed by atoms with E-state index in [0.717, 1.165) is 12.8 Å². The Morgan fingerprint density at radius 1 is 1.05 bits per heavy atom. The number of carbonyl (C=O) groups excluding carboxylic acids is 1. The van der Waals surface area contributed by atoms with Gasteiger partial charge in [0.15, 0.2) is 0 Å². The zero-order valence-corrected chi connectivity index (χ0v) is 13.2. The van der Waals surface area contributed by atoms with E-state index in [9.17, 15) is 4.79 Å². The Hall–Kier alpha value is -0.640. The first-order valence-electron chi connectivity index (χ1n) is 6.20. The molecule has 0 fully saturated rings. The number of urea groups is 1. The second-order valence-electron chi connectivity index (χ2n) is 4.16. The first-order chi connectivity index (χ1) is 8.99. The third-order valence-corrected chi connectivity index (χ3v) is 3.56. The van der Waals surface area contributed by atoms with E-state index in [1.807, 2.05) is 13.8 Å². The number of halogens is 3. The molecule has 0 aromatic heterocycles. The molecule has 1 aromatic rings. The molecule has 19 heavy (non-hydrogen) atoms. The Balaban J connectivity index is 2.83. The van der Waals surface area contributed by atoms with E-state index in [4.69, 9.17) is 34.8 Å². The van der Waals surface area contributed by atoms with Gasteiger partial charge in [-0.15, -0.1) is 0 Å². The molecule has 0 unspecified atom stereocenters. The van der Waals surface area contributed by atoms with Crippen molar-refractivity contribution < 1.29 is 4.79 Å². The Bertz CT molecular complexity index is 446. The van der Waals surface area contributed by atoms with Crippen molar-refractivity contribution in [1.82, 2.24) is 4.90 Å². The van der Waals surface area contributed by atoms with Crippen LogP contribution in [0, 0.1) is 0 Å². The Morgan fingerprint density at radius 3 is 2.11 bits per heavy atom. The first kappa shape index (κ1) is 16.4. The van der Waals surface area contributed by atoms with E-state index in [-0.39, 0.29) is 6.03 Å². The minimum absolute atomic E-state index is 0.177. The van der Waals surface area contributed by atoms with E-state index >= 15 is 0 Å². The van der Waals surface area contributed by atoms with Gasteiger partial charge in [0.25, 0.3) is 0 Å². The molecule has 1 rings (SSSR count). The SMILES string of the molecule is CCCN(CCC)C(=O)Nc1cc(Cl)c(Cl)cc1Cl. The minimum atomic E-state index is -0.177. The molecule has 0 spiro atoms. The molecular formula is C13H17Cl3N2O. The number of nitrogens with one attached hydrogen (secondary N) is 1. The van der Waals surface area contributed by atoms with Crippen molar-refractivity contribution in [2.75, 3.05) is 18.4 Å².